The minimum Gasteiger partial charge on any atom is -0.463 e. The number of aromatic nitrogens is 2. The summed E-state index contributed by atoms with van der Waals surface area (Å²) in [5.41, 5.74) is 3.27. The van der Waals surface area contributed by atoms with Gasteiger partial charge in [0.25, 0.3) is 5.91 Å². The lowest BCUT2D eigenvalue weighted by atomic mass is 10.2. The van der Waals surface area contributed by atoms with E-state index in [0.717, 1.165) is 11.1 Å². The first kappa shape index (κ1) is 13.8. The second kappa shape index (κ2) is 5.73. The quantitative estimate of drug-likeness (QED) is 0.618. The maximum Gasteiger partial charge on any atom is 0.274 e. The van der Waals surface area contributed by atoms with Crippen LogP contribution in [0.3, 0.4) is 0 Å². The maximum atomic E-state index is 12.6. The van der Waals surface area contributed by atoms with Crippen molar-refractivity contribution in [3.63, 3.8) is 0 Å². The molecule has 0 saturated carbocycles. The summed E-state index contributed by atoms with van der Waals surface area (Å²) >= 11 is 1.39. The molecule has 114 valence electrons. The number of hydrogen-bond acceptors (Lipinski definition) is 4. The maximum absolute atomic E-state index is 12.6. The van der Waals surface area contributed by atoms with Crippen molar-refractivity contribution in [2.45, 2.75) is 6.54 Å². The van der Waals surface area contributed by atoms with E-state index >= 15 is 0 Å². The lowest BCUT2D eigenvalue weighted by Gasteiger charge is -2.09. The number of hydrogen-bond donors (Lipinski definition) is 1. The van der Waals surface area contributed by atoms with Gasteiger partial charge in [0.05, 0.1) is 11.8 Å². The van der Waals surface area contributed by atoms with Gasteiger partial charge in [0.2, 0.25) is 0 Å². The fourth-order valence-corrected chi connectivity index (χ4v) is 3.07. The zero-order valence-corrected chi connectivity index (χ0v) is 12.9. The van der Waals surface area contributed by atoms with Crippen LogP contribution in [0.2, 0.25) is 0 Å². The molecule has 3 heterocycles. The molecular formula is C17H13N3O2S. The van der Waals surface area contributed by atoms with Crippen molar-refractivity contribution >= 4 is 33.5 Å². The molecule has 1 aromatic carbocycles. The molecular weight excluding hydrogens is 310 g/mol. The Bertz CT molecular complexity index is 939. The Morgan fingerprint density at radius 1 is 1.26 bits per heavy atom. The van der Waals surface area contributed by atoms with Gasteiger partial charge < -0.3 is 8.98 Å². The molecule has 4 aromatic rings. The predicted molar refractivity (Wildman–Crippen MR) is 89.8 cm³/mol. The third-order valence-electron chi connectivity index (χ3n) is 3.59. The number of nitrogens with one attached hydrogen (secondary N) is 1. The molecule has 0 saturated heterocycles. The Hall–Kier alpha value is -2.86. The number of carbonyl (C=O) groups excluding carboxylic acids is 1. The van der Waals surface area contributed by atoms with Crippen molar-refractivity contribution in [3.05, 3.63) is 71.6 Å². The minimum atomic E-state index is -0.192. The zero-order valence-electron chi connectivity index (χ0n) is 12.1. The van der Waals surface area contributed by atoms with E-state index in [-0.39, 0.29) is 5.91 Å². The van der Waals surface area contributed by atoms with Gasteiger partial charge in [-0.3, -0.25) is 10.1 Å². The molecule has 0 bridgehead atoms. The molecule has 4 rings (SSSR count). The number of fused-ring (bicyclic) bond motifs is 1. The van der Waals surface area contributed by atoms with Crippen molar-refractivity contribution in [1.29, 1.82) is 0 Å². The number of benzene rings is 1. The largest absolute Gasteiger partial charge is 0.463 e. The van der Waals surface area contributed by atoms with Crippen LogP contribution >= 0.6 is 11.3 Å². The average molecular weight is 323 g/mol. The molecule has 0 atom stereocenters. The van der Waals surface area contributed by atoms with E-state index in [1.54, 1.807) is 18.5 Å². The van der Waals surface area contributed by atoms with Crippen molar-refractivity contribution in [3.8, 4) is 0 Å². The Labute approximate surface area is 136 Å². The summed E-state index contributed by atoms with van der Waals surface area (Å²) in [6.45, 7) is 0.602. The van der Waals surface area contributed by atoms with Crippen molar-refractivity contribution in [2.75, 3.05) is 5.32 Å². The zero-order chi connectivity index (χ0) is 15.6. The summed E-state index contributed by atoms with van der Waals surface area (Å²) in [6, 6.07) is 13.7. The average Bonchev–Trinajstić information content (AvgIpc) is 3.27. The molecule has 23 heavy (non-hydrogen) atoms. The second-order valence-electron chi connectivity index (χ2n) is 5.06. The highest BCUT2D eigenvalue weighted by atomic mass is 32.1. The number of amides is 1. The van der Waals surface area contributed by atoms with E-state index < -0.39 is 0 Å². The Balaban J connectivity index is 1.72. The molecule has 0 spiro atoms. The van der Waals surface area contributed by atoms with Crippen molar-refractivity contribution < 1.29 is 9.21 Å². The van der Waals surface area contributed by atoms with Crippen molar-refractivity contribution in [1.82, 2.24) is 9.55 Å². The molecule has 6 heteroatoms. The first-order valence-electron chi connectivity index (χ1n) is 7.13. The standard InChI is InChI=1S/C17H13N3O2S/c21-16(19-17-18-7-9-23-17)14-10-15-13(6-8-22-15)20(14)11-12-4-2-1-3-5-12/h1-10H,11H2,(H,18,19,21). The van der Waals surface area contributed by atoms with Crippen LogP contribution in [-0.4, -0.2) is 15.5 Å². The molecule has 0 aliphatic carbocycles. The van der Waals surface area contributed by atoms with Gasteiger partial charge in [-0.25, -0.2) is 4.98 Å². The Kier molecular flexibility index (Phi) is 3.44. The SMILES string of the molecule is O=C(Nc1nccs1)c1cc2occc2n1Cc1ccccc1. The Morgan fingerprint density at radius 3 is 2.91 bits per heavy atom. The van der Waals surface area contributed by atoms with Crippen LogP contribution < -0.4 is 5.32 Å². The summed E-state index contributed by atoms with van der Waals surface area (Å²) in [4.78, 5) is 16.7. The number of rotatable bonds is 4. The monoisotopic (exact) mass is 323 g/mol. The lowest BCUT2D eigenvalue weighted by molar-refractivity contribution is 0.101. The molecule has 0 aliphatic heterocycles. The van der Waals surface area contributed by atoms with E-state index in [0.29, 0.717) is 23.0 Å². The van der Waals surface area contributed by atoms with Crippen LogP contribution in [0.5, 0.6) is 0 Å². The van der Waals surface area contributed by atoms with Gasteiger partial charge in [0.15, 0.2) is 10.7 Å². The molecule has 0 aliphatic rings. The highest BCUT2D eigenvalue weighted by Crippen LogP contribution is 2.23. The van der Waals surface area contributed by atoms with Crippen LogP contribution in [0.15, 0.2) is 64.7 Å². The van der Waals surface area contributed by atoms with Crippen LogP contribution in [0.1, 0.15) is 16.1 Å². The van der Waals surface area contributed by atoms with E-state index in [1.165, 1.54) is 11.3 Å². The van der Waals surface area contributed by atoms with Gasteiger partial charge in [-0.1, -0.05) is 30.3 Å². The molecule has 3 aromatic heterocycles. The number of furan rings is 1. The molecule has 1 N–H and O–H groups in total. The topological polar surface area (TPSA) is 60.1 Å². The predicted octanol–water partition coefficient (Wildman–Crippen LogP) is 3.99. The number of carbonyl (C=O) groups is 1. The van der Waals surface area contributed by atoms with E-state index in [1.807, 2.05) is 46.3 Å². The molecule has 0 unspecified atom stereocenters. The van der Waals surface area contributed by atoms with E-state index in [2.05, 4.69) is 10.3 Å². The second-order valence-corrected chi connectivity index (χ2v) is 5.96. The molecule has 1 amide bonds. The number of nitrogens with zero attached hydrogens (tertiary/aromatic N) is 2. The van der Waals surface area contributed by atoms with Crippen LogP contribution in [-0.2, 0) is 6.54 Å². The summed E-state index contributed by atoms with van der Waals surface area (Å²) in [7, 11) is 0. The lowest BCUT2D eigenvalue weighted by Crippen LogP contribution is -2.17. The van der Waals surface area contributed by atoms with Crippen molar-refractivity contribution in [2.24, 2.45) is 0 Å². The number of anilines is 1. The summed E-state index contributed by atoms with van der Waals surface area (Å²) in [5, 5.41) is 5.23. The van der Waals surface area contributed by atoms with Gasteiger partial charge in [-0.2, -0.15) is 0 Å². The first-order chi connectivity index (χ1) is 11.3. The van der Waals surface area contributed by atoms with Gasteiger partial charge >= 0.3 is 0 Å². The highest BCUT2D eigenvalue weighted by molar-refractivity contribution is 7.13. The van der Waals surface area contributed by atoms with Crippen LogP contribution in [0.4, 0.5) is 5.13 Å². The first-order valence-corrected chi connectivity index (χ1v) is 8.01. The molecule has 0 radical (unpaired) electrons. The summed E-state index contributed by atoms with van der Waals surface area (Å²) in [5.74, 6) is -0.192. The van der Waals surface area contributed by atoms with Gasteiger partial charge in [0.1, 0.15) is 5.69 Å². The fraction of sp³-hybridized carbons (Fsp3) is 0.0588. The minimum absolute atomic E-state index is 0.192. The highest BCUT2D eigenvalue weighted by Gasteiger charge is 2.18. The Morgan fingerprint density at radius 2 is 2.13 bits per heavy atom. The summed E-state index contributed by atoms with van der Waals surface area (Å²) in [6.07, 6.45) is 3.30. The molecule has 5 nitrogen and oxygen atoms in total. The van der Waals surface area contributed by atoms with Crippen LogP contribution in [0, 0.1) is 0 Å². The molecule has 0 fully saturated rings. The van der Waals surface area contributed by atoms with E-state index in [9.17, 15) is 4.79 Å². The third kappa shape index (κ3) is 2.64. The normalized spacial score (nSPS) is 11.0. The summed E-state index contributed by atoms with van der Waals surface area (Å²) < 4.78 is 7.40. The van der Waals surface area contributed by atoms with Gasteiger partial charge in [-0.05, 0) is 5.56 Å². The van der Waals surface area contributed by atoms with E-state index in [4.69, 9.17) is 4.42 Å². The van der Waals surface area contributed by atoms with Crippen LogP contribution in [0.25, 0.3) is 11.1 Å². The fourth-order valence-electron chi connectivity index (χ4n) is 2.55. The van der Waals surface area contributed by atoms with Gasteiger partial charge in [0, 0.05) is 30.3 Å². The van der Waals surface area contributed by atoms with Gasteiger partial charge in [-0.15, -0.1) is 11.3 Å². The number of thiazole rings is 1. The smallest absolute Gasteiger partial charge is 0.274 e. The third-order valence-corrected chi connectivity index (χ3v) is 4.28.